The molecular formula is C17H24N2O2S. The Kier molecular flexibility index (Phi) is 4.62. The molecule has 1 atom stereocenters. The van der Waals surface area contributed by atoms with E-state index in [9.17, 15) is 4.79 Å². The Morgan fingerprint density at radius 3 is 3.05 bits per heavy atom. The maximum Gasteiger partial charge on any atom is 0.222 e. The van der Waals surface area contributed by atoms with E-state index < -0.39 is 0 Å². The highest BCUT2D eigenvalue weighted by atomic mass is 32.2. The van der Waals surface area contributed by atoms with E-state index in [1.54, 1.807) is 12.4 Å². The van der Waals surface area contributed by atoms with Gasteiger partial charge in [0.2, 0.25) is 5.91 Å². The van der Waals surface area contributed by atoms with Crippen LogP contribution in [0.5, 0.6) is 5.75 Å². The lowest BCUT2D eigenvalue weighted by molar-refractivity contribution is -0.136. The first-order valence-electron chi connectivity index (χ1n) is 8.05. The van der Waals surface area contributed by atoms with Crippen LogP contribution in [0.25, 0.3) is 0 Å². The number of hydrogen-bond donors (Lipinski definition) is 0. The molecule has 2 aliphatic rings. The molecule has 2 saturated heterocycles. The van der Waals surface area contributed by atoms with Crippen LogP contribution in [0.2, 0.25) is 0 Å². The Morgan fingerprint density at radius 2 is 2.36 bits per heavy atom. The Labute approximate surface area is 136 Å². The van der Waals surface area contributed by atoms with Gasteiger partial charge in [0.25, 0.3) is 0 Å². The number of amides is 1. The summed E-state index contributed by atoms with van der Waals surface area (Å²) in [5, 5.41) is 0. The van der Waals surface area contributed by atoms with Crippen LogP contribution in [0.15, 0.2) is 24.5 Å². The molecule has 1 aromatic heterocycles. The highest BCUT2D eigenvalue weighted by Gasteiger charge is 2.51. The van der Waals surface area contributed by atoms with Crippen LogP contribution >= 0.6 is 11.8 Å². The zero-order valence-corrected chi connectivity index (χ0v) is 14.1. The predicted octanol–water partition coefficient (Wildman–Crippen LogP) is 2.98. The summed E-state index contributed by atoms with van der Waals surface area (Å²) in [5.41, 5.74) is 0. The second kappa shape index (κ2) is 6.49. The Morgan fingerprint density at radius 1 is 1.55 bits per heavy atom. The molecule has 22 heavy (non-hydrogen) atoms. The van der Waals surface area contributed by atoms with Gasteiger partial charge in [-0.25, -0.2) is 0 Å². The van der Waals surface area contributed by atoms with E-state index in [4.69, 9.17) is 4.74 Å². The van der Waals surface area contributed by atoms with Gasteiger partial charge in [0.1, 0.15) is 11.9 Å². The minimum atomic E-state index is 0.236. The molecule has 0 N–H and O–H groups in total. The van der Waals surface area contributed by atoms with Crippen LogP contribution in [0, 0.1) is 5.92 Å². The van der Waals surface area contributed by atoms with E-state index in [1.165, 1.54) is 0 Å². The number of thioether (sulfide) groups is 1. The molecule has 1 aromatic rings. The quantitative estimate of drug-likeness (QED) is 0.836. The van der Waals surface area contributed by atoms with E-state index >= 15 is 0 Å². The van der Waals surface area contributed by atoms with Crippen LogP contribution in [-0.2, 0) is 4.79 Å². The maximum atomic E-state index is 12.1. The number of hydrogen-bond acceptors (Lipinski definition) is 4. The summed E-state index contributed by atoms with van der Waals surface area (Å²) in [6.45, 7) is 6.11. The molecule has 0 bridgehead atoms. The van der Waals surface area contributed by atoms with Gasteiger partial charge in [-0.15, -0.1) is 11.8 Å². The summed E-state index contributed by atoms with van der Waals surface area (Å²) in [7, 11) is 0. The predicted molar refractivity (Wildman–Crippen MR) is 89.1 cm³/mol. The van der Waals surface area contributed by atoms with Crippen molar-refractivity contribution in [2.75, 3.05) is 18.8 Å². The Balaban J connectivity index is 1.45. The lowest BCUT2D eigenvalue weighted by Gasteiger charge is -2.47. The SMILES string of the molecule is CC(C)CCC(=O)N1CC2(CC(Oc3cccnc3)CS2)C1. The first-order chi connectivity index (χ1) is 10.6. The van der Waals surface area contributed by atoms with E-state index in [2.05, 4.69) is 18.8 Å². The van der Waals surface area contributed by atoms with E-state index in [0.717, 1.165) is 37.4 Å². The molecule has 1 amide bonds. The smallest absolute Gasteiger partial charge is 0.222 e. The fourth-order valence-electron chi connectivity index (χ4n) is 3.10. The molecule has 0 aliphatic carbocycles. The number of nitrogens with zero attached hydrogens (tertiary/aromatic N) is 2. The molecular weight excluding hydrogens is 296 g/mol. The summed E-state index contributed by atoms with van der Waals surface area (Å²) < 4.78 is 6.23. The van der Waals surface area contributed by atoms with Crippen molar-refractivity contribution in [1.82, 2.24) is 9.88 Å². The van der Waals surface area contributed by atoms with Crippen molar-refractivity contribution in [3.05, 3.63) is 24.5 Å². The largest absolute Gasteiger partial charge is 0.488 e. The zero-order chi connectivity index (χ0) is 15.6. The summed E-state index contributed by atoms with van der Waals surface area (Å²) in [6.07, 6.45) is 6.46. The number of carbonyl (C=O) groups is 1. The van der Waals surface area contributed by atoms with Crippen molar-refractivity contribution in [3.63, 3.8) is 0 Å². The van der Waals surface area contributed by atoms with Gasteiger partial charge in [-0.2, -0.15) is 0 Å². The summed E-state index contributed by atoms with van der Waals surface area (Å²) in [4.78, 5) is 18.2. The average molecular weight is 320 g/mol. The van der Waals surface area contributed by atoms with Gasteiger partial charge in [-0.3, -0.25) is 9.78 Å². The normalized spacial score (nSPS) is 22.9. The summed E-state index contributed by atoms with van der Waals surface area (Å²) >= 11 is 1.97. The van der Waals surface area contributed by atoms with Gasteiger partial charge in [0.15, 0.2) is 0 Å². The lowest BCUT2D eigenvalue weighted by atomic mass is 9.92. The molecule has 120 valence electrons. The first-order valence-corrected chi connectivity index (χ1v) is 9.03. The van der Waals surface area contributed by atoms with Crippen molar-refractivity contribution in [2.45, 2.75) is 44.0 Å². The highest BCUT2D eigenvalue weighted by molar-refractivity contribution is 8.01. The molecule has 0 radical (unpaired) electrons. The molecule has 4 nitrogen and oxygen atoms in total. The van der Waals surface area contributed by atoms with E-state index in [1.807, 2.05) is 28.8 Å². The third kappa shape index (κ3) is 3.57. The van der Waals surface area contributed by atoms with Gasteiger partial charge >= 0.3 is 0 Å². The highest BCUT2D eigenvalue weighted by Crippen LogP contribution is 2.46. The van der Waals surface area contributed by atoms with Crippen molar-refractivity contribution >= 4 is 17.7 Å². The second-order valence-electron chi connectivity index (χ2n) is 6.81. The third-order valence-corrected chi connectivity index (χ3v) is 5.93. The topological polar surface area (TPSA) is 42.4 Å². The number of rotatable bonds is 5. The van der Waals surface area contributed by atoms with Crippen molar-refractivity contribution < 1.29 is 9.53 Å². The first kappa shape index (κ1) is 15.7. The Hall–Kier alpha value is -1.23. The molecule has 5 heteroatoms. The van der Waals surface area contributed by atoms with Crippen LogP contribution in [0.4, 0.5) is 0 Å². The second-order valence-corrected chi connectivity index (χ2v) is 8.30. The number of pyridine rings is 1. The molecule has 1 spiro atoms. The van der Waals surface area contributed by atoms with Crippen LogP contribution < -0.4 is 4.74 Å². The summed E-state index contributed by atoms with van der Waals surface area (Å²) in [5.74, 6) is 2.76. The molecule has 0 aromatic carbocycles. The molecule has 0 saturated carbocycles. The van der Waals surface area contributed by atoms with Crippen LogP contribution in [0.3, 0.4) is 0 Å². The standard InChI is InChI=1S/C17H24N2O2S/c1-13(2)5-6-16(20)19-11-17(12-19)8-15(10-22-17)21-14-4-3-7-18-9-14/h3-4,7,9,13,15H,5-6,8,10-12H2,1-2H3. The third-order valence-electron chi connectivity index (χ3n) is 4.36. The summed E-state index contributed by atoms with van der Waals surface area (Å²) in [6, 6.07) is 3.84. The molecule has 2 fully saturated rings. The monoisotopic (exact) mass is 320 g/mol. The van der Waals surface area contributed by atoms with Crippen molar-refractivity contribution in [3.8, 4) is 5.75 Å². The number of likely N-dealkylation sites (tertiary alicyclic amines) is 1. The maximum absolute atomic E-state index is 12.1. The molecule has 3 heterocycles. The fraction of sp³-hybridized carbons (Fsp3) is 0.647. The van der Waals surface area contributed by atoms with Crippen LogP contribution in [-0.4, -0.2) is 45.5 Å². The van der Waals surface area contributed by atoms with Gasteiger partial charge in [-0.1, -0.05) is 13.8 Å². The van der Waals surface area contributed by atoms with E-state index in [-0.39, 0.29) is 10.9 Å². The molecule has 3 rings (SSSR count). The zero-order valence-electron chi connectivity index (χ0n) is 13.3. The minimum Gasteiger partial charge on any atom is -0.488 e. The molecule has 1 unspecified atom stereocenters. The van der Waals surface area contributed by atoms with Gasteiger partial charge in [0, 0.05) is 37.9 Å². The van der Waals surface area contributed by atoms with Crippen molar-refractivity contribution in [2.24, 2.45) is 5.92 Å². The van der Waals surface area contributed by atoms with E-state index in [0.29, 0.717) is 18.2 Å². The van der Waals surface area contributed by atoms with Gasteiger partial charge < -0.3 is 9.64 Å². The number of aromatic nitrogens is 1. The van der Waals surface area contributed by atoms with Crippen molar-refractivity contribution in [1.29, 1.82) is 0 Å². The number of carbonyl (C=O) groups excluding carboxylic acids is 1. The molecule has 2 aliphatic heterocycles. The van der Waals surface area contributed by atoms with Gasteiger partial charge in [0.05, 0.1) is 10.9 Å². The number of ether oxygens (including phenoxy) is 1. The minimum absolute atomic E-state index is 0.236. The Bertz CT molecular complexity index is 515. The van der Waals surface area contributed by atoms with Gasteiger partial charge in [-0.05, 0) is 24.5 Å². The fourth-order valence-corrected chi connectivity index (χ4v) is 4.63. The average Bonchev–Trinajstić information content (AvgIpc) is 2.88. The lowest BCUT2D eigenvalue weighted by Crippen LogP contribution is -2.60. The van der Waals surface area contributed by atoms with Crippen LogP contribution in [0.1, 0.15) is 33.1 Å².